The minimum Gasteiger partial charge on any atom is -0.384 e. The first-order valence-corrected chi connectivity index (χ1v) is 7.44. The van der Waals surface area contributed by atoms with E-state index in [1.165, 1.54) is 31.2 Å². The first kappa shape index (κ1) is 15.8. The van der Waals surface area contributed by atoms with E-state index in [-0.39, 0.29) is 16.6 Å². The fraction of sp³-hybridized carbons (Fsp3) is 0.462. The van der Waals surface area contributed by atoms with Gasteiger partial charge in [0.25, 0.3) is 0 Å². The summed E-state index contributed by atoms with van der Waals surface area (Å²) in [7, 11) is -1.96. The van der Waals surface area contributed by atoms with E-state index in [1.54, 1.807) is 7.11 Å². The van der Waals surface area contributed by atoms with Crippen LogP contribution in [0.3, 0.4) is 0 Å². The summed E-state index contributed by atoms with van der Waals surface area (Å²) in [6, 6.07) is 5.88. The Morgan fingerprint density at radius 1 is 1.32 bits per heavy atom. The van der Waals surface area contributed by atoms with Gasteiger partial charge in [-0.1, -0.05) is 19.1 Å². The number of nitrogens with one attached hydrogen (secondary N) is 1. The molecule has 106 valence electrons. The molecule has 0 radical (unpaired) electrons. The molecule has 0 aliphatic carbocycles. The molecule has 0 fully saturated rings. The molecule has 0 aliphatic rings. The molecule has 0 amide bonds. The van der Waals surface area contributed by atoms with Gasteiger partial charge in [0.1, 0.15) is 0 Å². The van der Waals surface area contributed by atoms with Crippen molar-refractivity contribution in [2.75, 3.05) is 20.3 Å². The lowest BCUT2D eigenvalue weighted by Crippen LogP contribution is -2.30. The lowest BCUT2D eigenvalue weighted by molar-refractivity contribution is 0.101. The highest BCUT2D eigenvalue weighted by molar-refractivity contribution is 7.89. The molecule has 1 unspecified atom stereocenters. The van der Waals surface area contributed by atoms with Gasteiger partial charge in [0.15, 0.2) is 5.78 Å². The Morgan fingerprint density at radius 3 is 2.37 bits per heavy atom. The van der Waals surface area contributed by atoms with Crippen LogP contribution in [0.15, 0.2) is 29.2 Å². The van der Waals surface area contributed by atoms with E-state index in [2.05, 4.69) is 4.72 Å². The maximum Gasteiger partial charge on any atom is 0.240 e. The Bertz CT molecular complexity index is 522. The molecule has 0 aromatic heterocycles. The molecule has 0 saturated heterocycles. The molecular formula is C13H19NO4S. The van der Waals surface area contributed by atoms with E-state index in [4.69, 9.17) is 4.74 Å². The number of carbonyl (C=O) groups is 1. The predicted octanol–water partition coefficient (Wildman–Crippen LogP) is 1.45. The van der Waals surface area contributed by atoms with Crippen molar-refractivity contribution in [1.29, 1.82) is 0 Å². The van der Waals surface area contributed by atoms with Gasteiger partial charge in [-0.25, -0.2) is 13.1 Å². The second-order valence-corrected chi connectivity index (χ2v) is 6.26. The number of hydrogen-bond donors (Lipinski definition) is 1. The molecule has 0 aliphatic heterocycles. The molecule has 1 atom stereocenters. The number of benzene rings is 1. The largest absolute Gasteiger partial charge is 0.384 e. The summed E-state index contributed by atoms with van der Waals surface area (Å²) in [5, 5.41) is 0. The van der Waals surface area contributed by atoms with E-state index in [0.29, 0.717) is 18.7 Å². The highest BCUT2D eigenvalue weighted by atomic mass is 32.2. The fourth-order valence-electron chi connectivity index (χ4n) is 1.55. The van der Waals surface area contributed by atoms with Gasteiger partial charge < -0.3 is 4.74 Å². The van der Waals surface area contributed by atoms with Crippen LogP contribution in [-0.2, 0) is 14.8 Å². The number of hydrogen-bond acceptors (Lipinski definition) is 4. The summed E-state index contributed by atoms with van der Waals surface area (Å²) < 4.78 is 31.4. The van der Waals surface area contributed by atoms with Gasteiger partial charge in [0.2, 0.25) is 10.0 Å². The van der Waals surface area contributed by atoms with E-state index < -0.39 is 10.0 Å². The molecule has 1 aromatic rings. The summed E-state index contributed by atoms with van der Waals surface area (Å²) in [6.07, 6.45) is 0. The van der Waals surface area contributed by atoms with Crippen LogP contribution in [0.4, 0.5) is 0 Å². The molecule has 1 rings (SSSR count). The minimum absolute atomic E-state index is 0.0920. The zero-order chi connectivity index (χ0) is 14.5. The highest BCUT2D eigenvalue weighted by Crippen LogP contribution is 2.11. The molecule has 1 aromatic carbocycles. The highest BCUT2D eigenvalue weighted by Gasteiger charge is 2.15. The first-order chi connectivity index (χ1) is 8.86. The number of sulfonamides is 1. The smallest absolute Gasteiger partial charge is 0.240 e. The minimum atomic E-state index is -3.53. The predicted molar refractivity (Wildman–Crippen MR) is 72.7 cm³/mol. The Kier molecular flexibility index (Phi) is 5.65. The zero-order valence-corrected chi connectivity index (χ0v) is 12.2. The molecule has 0 spiro atoms. The van der Waals surface area contributed by atoms with Gasteiger partial charge in [-0.2, -0.15) is 0 Å². The molecular weight excluding hydrogens is 266 g/mol. The maximum absolute atomic E-state index is 12.0. The van der Waals surface area contributed by atoms with Gasteiger partial charge in [0.05, 0.1) is 4.90 Å². The average molecular weight is 285 g/mol. The van der Waals surface area contributed by atoms with Gasteiger partial charge in [-0.15, -0.1) is 0 Å². The molecule has 1 N–H and O–H groups in total. The quantitative estimate of drug-likeness (QED) is 0.770. The summed E-state index contributed by atoms with van der Waals surface area (Å²) >= 11 is 0. The van der Waals surface area contributed by atoms with E-state index >= 15 is 0 Å². The standard InChI is InChI=1S/C13H19NO4S/c1-10(9-18-3)8-14-19(16,17)13-6-4-12(5-7-13)11(2)15/h4-7,10,14H,8-9H2,1-3H3. The van der Waals surface area contributed by atoms with Crippen molar-refractivity contribution in [3.8, 4) is 0 Å². The van der Waals surface area contributed by atoms with Crippen LogP contribution in [0.25, 0.3) is 0 Å². The number of ketones is 1. The SMILES string of the molecule is COCC(C)CNS(=O)(=O)c1ccc(C(C)=O)cc1. The Morgan fingerprint density at radius 2 is 1.89 bits per heavy atom. The summed E-state index contributed by atoms with van der Waals surface area (Å²) in [4.78, 5) is 11.3. The third kappa shape index (κ3) is 4.74. The summed E-state index contributed by atoms with van der Waals surface area (Å²) in [5.74, 6) is 0.00175. The Labute approximate surface area is 114 Å². The first-order valence-electron chi connectivity index (χ1n) is 5.96. The summed E-state index contributed by atoms with van der Waals surface area (Å²) in [6.45, 7) is 4.13. The number of ether oxygens (including phenoxy) is 1. The second kappa shape index (κ2) is 6.79. The van der Waals surface area contributed by atoms with Crippen LogP contribution in [0.1, 0.15) is 24.2 Å². The zero-order valence-electron chi connectivity index (χ0n) is 11.3. The van der Waals surface area contributed by atoms with E-state index in [1.807, 2.05) is 6.92 Å². The fourth-order valence-corrected chi connectivity index (χ4v) is 2.71. The maximum atomic E-state index is 12.0. The van der Waals surface area contributed by atoms with E-state index in [9.17, 15) is 13.2 Å². The van der Waals surface area contributed by atoms with Crippen LogP contribution in [-0.4, -0.2) is 34.5 Å². The lowest BCUT2D eigenvalue weighted by atomic mass is 10.2. The van der Waals surface area contributed by atoms with Crippen molar-refractivity contribution in [1.82, 2.24) is 4.72 Å². The van der Waals surface area contributed by atoms with Crippen molar-refractivity contribution in [3.05, 3.63) is 29.8 Å². The van der Waals surface area contributed by atoms with Crippen LogP contribution in [0.2, 0.25) is 0 Å². The van der Waals surface area contributed by atoms with Gasteiger partial charge in [-0.05, 0) is 25.0 Å². The van der Waals surface area contributed by atoms with Crippen molar-refractivity contribution < 1.29 is 17.9 Å². The monoisotopic (exact) mass is 285 g/mol. The van der Waals surface area contributed by atoms with E-state index in [0.717, 1.165) is 0 Å². The third-order valence-electron chi connectivity index (χ3n) is 2.64. The van der Waals surface area contributed by atoms with Crippen molar-refractivity contribution in [2.45, 2.75) is 18.7 Å². The normalized spacial score (nSPS) is 13.2. The molecule has 0 heterocycles. The second-order valence-electron chi connectivity index (χ2n) is 4.49. The van der Waals surface area contributed by atoms with Crippen molar-refractivity contribution in [3.63, 3.8) is 0 Å². The van der Waals surface area contributed by atoms with Gasteiger partial charge in [0, 0.05) is 25.8 Å². The lowest BCUT2D eigenvalue weighted by Gasteiger charge is -2.12. The van der Waals surface area contributed by atoms with Crippen LogP contribution in [0, 0.1) is 5.92 Å². The van der Waals surface area contributed by atoms with Crippen LogP contribution >= 0.6 is 0 Å². The van der Waals surface area contributed by atoms with Gasteiger partial charge >= 0.3 is 0 Å². The number of methoxy groups -OCH3 is 1. The average Bonchev–Trinajstić information content (AvgIpc) is 2.37. The molecule has 0 saturated carbocycles. The number of Topliss-reactive ketones (excluding diaryl/α,β-unsaturated/α-hetero) is 1. The number of carbonyl (C=O) groups excluding carboxylic acids is 1. The Balaban J connectivity index is 2.74. The van der Waals surface area contributed by atoms with Crippen molar-refractivity contribution in [2.24, 2.45) is 5.92 Å². The topological polar surface area (TPSA) is 72.5 Å². The van der Waals surface area contributed by atoms with Crippen molar-refractivity contribution >= 4 is 15.8 Å². The number of rotatable bonds is 7. The molecule has 5 nitrogen and oxygen atoms in total. The van der Waals surface area contributed by atoms with Gasteiger partial charge in [-0.3, -0.25) is 4.79 Å². The van der Waals surface area contributed by atoms with Crippen LogP contribution in [0.5, 0.6) is 0 Å². The third-order valence-corrected chi connectivity index (χ3v) is 4.08. The summed E-state index contributed by atoms with van der Waals surface area (Å²) in [5.41, 5.74) is 0.492. The molecule has 6 heteroatoms. The molecule has 19 heavy (non-hydrogen) atoms. The molecule has 0 bridgehead atoms. The Hall–Kier alpha value is -1.24. The van der Waals surface area contributed by atoms with Crippen LogP contribution < -0.4 is 4.72 Å².